The fourth-order valence-electron chi connectivity index (χ4n) is 1.85. The molecular formula is C11H13BrN2. The van der Waals surface area contributed by atoms with E-state index in [2.05, 4.69) is 40.0 Å². The number of hydrogen-bond acceptors (Lipinski definition) is 1. The molecule has 1 heterocycles. The highest BCUT2D eigenvalue weighted by molar-refractivity contribution is 9.10. The van der Waals surface area contributed by atoms with Gasteiger partial charge in [0.25, 0.3) is 0 Å². The van der Waals surface area contributed by atoms with Crippen LogP contribution in [-0.2, 0) is 13.0 Å². The zero-order valence-electron chi connectivity index (χ0n) is 8.10. The van der Waals surface area contributed by atoms with Crippen LogP contribution in [0.5, 0.6) is 0 Å². The molecule has 2 rings (SSSR count). The molecular weight excluding hydrogens is 240 g/mol. The molecule has 0 atom stereocenters. The lowest BCUT2D eigenvalue weighted by Gasteiger charge is -1.99. The third-order valence-corrected chi connectivity index (χ3v) is 3.18. The van der Waals surface area contributed by atoms with Crippen LogP contribution in [0.25, 0.3) is 10.9 Å². The van der Waals surface area contributed by atoms with Gasteiger partial charge in [0.05, 0.1) is 0 Å². The molecule has 0 aliphatic heterocycles. The minimum Gasteiger partial charge on any atom is -0.358 e. The molecule has 0 aliphatic carbocycles. The highest BCUT2D eigenvalue weighted by Crippen LogP contribution is 2.29. The number of rotatable bonds is 2. The van der Waals surface area contributed by atoms with E-state index in [0.717, 1.165) is 16.4 Å². The standard InChI is InChI=1S/C11H13BrN2/c1-2-9-7(6-13)11-8(12)4-3-5-10(11)14-9/h3-5,14H,2,6,13H2,1H3. The van der Waals surface area contributed by atoms with Crippen LogP contribution < -0.4 is 5.73 Å². The Balaban J connectivity index is 2.81. The van der Waals surface area contributed by atoms with Crippen molar-refractivity contribution in [1.29, 1.82) is 0 Å². The molecule has 0 amide bonds. The molecule has 2 nitrogen and oxygen atoms in total. The van der Waals surface area contributed by atoms with Gasteiger partial charge in [-0.1, -0.05) is 28.9 Å². The Labute approximate surface area is 91.6 Å². The number of aryl methyl sites for hydroxylation is 1. The van der Waals surface area contributed by atoms with Gasteiger partial charge in [-0.15, -0.1) is 0 Å². The summed E-state index contributed by atoms with van der Waals surface area (Å²) in [6.07, 6.45) is 0.994. The van der Waals surface area contributed by atoms with Gasteiger partial charge in [-0.25, -0.2) is 0 Å². The van der Waals surface area contributed by atoms with Gasteiger partial charge in [0, 0.05) is 27.6 Å². The average Bonchev–Trinajstić information content (AvgIpc) is 2.56. The number of nitrogens with one attached hydrogen (secondary N) is 1. The van der Waals surface area contributed by atoms with Crippen molar-refractivity contribution in [3.8, 4) is 0 Å². The zero-order chi connectivity index (χ0) is 10.1. The number of aromatic nitrogens is 1. The van der Waals surface area contributed by atoms with Crippen LogP contribution in [0.3, 0.4) is 0 Å². The van der Waals surface area contributed by atoms with E-state index in [1.165, 1.54) is 16.6 Å². The third-order valence-electron chi connectivity index (χ3n) is 2.52. The topological polar surface area (TPSA) is 41.8 Å². The van der Waals surface area contributed by atoms with Gasteiger partial charge in [0.2, 0.25) is 0 Å². The summed E-state index contributed by atoms with van der Waals surface area (Å²) in [6, 6.07) is 6.16. The molecule has 0 unspecified atom stereocenters. The van der Waals surface area contributed by atoms with E-state index >= 15 is 0 Å². The predicted molar refractivity (Wildman–Crippen MR) is 63.3 cm³/mol. The van der Waals surface area contributed by atoms with E-state index in [-0.39, 0.29) is 0 Å². The van der Waals surface area contributed by atoms with Crippen molar-refractivity contribution in [2.24, 2.45) is 5.73 Å². The summed E-state index contributed by atoms with van der Waals surface area (Å²) >= 11 is 3.56. The molecule has 0 aliphatic rings. The summed E-state index contributed by atoms with van der Waals surface area (Å²) in [5, 5.41) is 1.23. The molecule has 2 aromatic rings. The molecule has 0 radical (unpaired) electrons. The van der Waals surface area contributed by atoms with Crippen LogP contribution in [0.1, 0.15) is 18.2 Å². The monoisotopic (exact) mass is 252 g/mol. The lowest BCUT2D eigenvalue weighted by Crippen LogP contribution is -1.99. The summed E-state index contributed by atoms with van der Waals surface area (Å²) < 4.78 is 1.12. The molecule has 0 bridgehead atoms. The summed E-state index contributed by atoms with van der Waals surface area (Å²) in [5.74, 6) is 0. The Morgan fingerprint density at radius 1 is 1.43 bits per heavy atom. The number of benzene rings is 1. The second-order valence-electron chi connectivity index (χ2n) is 3.30. The quantitative estimate of drug-likeness (QED) is 0.848. The first kappa shape index (κ1) is 9.74. The first-order valence-corrected chi connectivity index (χ1v) is 5.55. The van der Waals surface area contributed by atoms with Crippen LogP contribution in [0.2, 0.25) is 0 Å². The van der Waals surface area contributed by atoms with Crippen molar-refractivity contribution in [2.75, 3.05) is 0 Å². The van der Waals surface area contributed by atoms with Crippen LogP contribution in [0, 0.1) is 0 Å². The van der Waals surface area contributed by atoms with Gasteiger partial charge < -0.3 is 10.7 Å². The van der Waals surface area contributed by atoms with E-state index in [4.69, 9.17) is 5.73 Å². The van der Waals surface area contributed by atoms with Crippen molar-refractivity contribution in [3.63, 3.8) is 0 Å². The van der Waals surface area contributed by atoms with Crippen LogP contribution in [0.4, 0.5) is 0 Å². The van der Waals surface area contributed by atoms with Crippen molar-refractivity contribution >= 4 is 26.8 Å². The van der Waals surface area contributed by atoms with Gasteiger partial charge in [-0.05, 0) is 24.1 Å². The molecule has 1 aromatic carbocycles. The van der Waals surface area contributed by atoms with Gasteiger partial charge in [-0.3, -0.25) is 0 Å². The SMILES string of the molecule is CCc1[nH]c2cccc(Br)c2c1CN. The molecule has 74 valence electrons. The smallest absolute Gasteiger partial charge is 0.0470 e. The van der Waals surface area contributed by atoms with Gasteiger partial charge >= 0.3 is 0 Å². The molecule has 3 heteroatoms. The Bertz CT molecular complexity index is 460. The lowest BCUT2D eigenvalue weighted by molar-refractivity contribution is 0.987. The molecule has 0 saturated heterocycles. The number of hydrogen-bond donors (Lipinski definition) is 2. The summed E-state index contributed by atoms with van der Waals surface area (Å²) in [7, 11) is 0. The molecule has 0 fully saturated rings. The minimum absolute atomic E-state index is 0.589. The van der Waals surface area contributed by atoms with Crippen LogP contribution in [-0.4, -0.2) is 4.98 Å². The Morgan fingerprint density at radius 3 is 2.86 bits per heavy atom. The first-order valence-electron chi connectivity index (χ1n) is 4.76. The van der Waals surface area contributed by atoms with Gasteiger partial charge in [0.1, 0.15) is 0 Å². The second kappa shape index (κ2) is 3.75. The van der Waals surface area contributed by atoms with Crippen molar-refractivity contribution < 1.29 is 0 Å². The largest absolute Gasteiger partial charge is 0.358 e. The second-order valence-corrected chi connectivity index (χ2v) is 4.16. The summed E-state index contributed by atoms with van der Waals surface area (Å²) in [6.45, 7) is 2.73. The van der Waals surface area contributed by atoms with Crippen molar-refractivity contribution in [2.45, 2.75) is 19.9 Å². The maximum Gasteiger partial charge on any atom is 0.0470 e. The fourth-order valence-corrected chi connectivity index (χ4v) is 2.46. The Hall–Kier alpha value is -0.800. The fraction of sp³-hybridized carbons (Fsp3) is 0.273. The molecule has 0 spiro atoms. The molecule has 1 aromatic heterocycles. The number of aromatic amines is 1. The maximum atomic E-state index is 5.76. The summed E-state index contributed by atoms with van der Waals surface area (Å²) in [5.41, 5.74) is 9.40. The highest BCUT2D eigenvalue weighted by Gasteiger charge is 2.10. The number of nitrogens with two attached hydrogens (primary N) is 1. The minimum atomic E-state index is 0.589. The number of fused-ring (bicyclic) bond motifs is 1. The number of H-pyrrole nitrogens is 1. The molecule has 14 heavy (non-hydrogen) atoms. The lowest BCUT2D eigenvalue weighted by atomic mass is 10.1. The van der Waals surface area contributed by atoms with Gasteiger partial charge in [-0.2, -0.15) is 0 Å². The van der Waals surface area contributed by atoms with E-state index in [1.54, 1.807) is 0 Å². The third kappa shape index (κ3) is 1.37. The highest BCUT2D eigenvalue weighted by atomic mass is 79.9. The van der Waals surface area contributed by atoms with Crippen LogP contribution >= 0.6 is 15.9 Å². The zero-order valence-corrected chi connectivity index (χ0v) is 9.69. The van der Waals surface area contributed by atoms with Gasteiger partial charge in [0.15, 0.2) is 0 Å². The van der Waals surface area contributed by atoms with E-state index in [0.29, 0.717) is 6.54 Å². The average molecular weight is 253 g/mol. The Kier molecular flexibility index (Phi) is 2.61. The normalized spacial score (nSPS) is 11.1. The Morgan fingerprint density at radius 2 is 2.21 bits per heavy atom. The van der Waals surface area contributed by atoms with Crippen molar-refractivity contribution in [1.82, 2.24) is 4.98 Å². The molecule has 3 N–H and O–H groups in total. The van der Waals surface area contributed by atoms with Crippen molar-refractivity contribution in [3.05, 3.63) is 33.9 Å². The van der Waals surface area contributed by atoms with Crippen LogP contribution in [0.15, 0.2) is 22.7 Å². The van der Waals surface area contributed by atoms with E-state index in [9.17, 15) is 0 Å². The van der Waals surface area contributed by atoms with E-state index in [1.807, 2.05) is 6.07 Å². The number of halogens is 1. The van der Waals surface area contributed by atoms with E-state index < -0.39 is 0 Å². The maximum absolute atomic E-state index is 5.76. The predicted octanol–water partition coefficient (Wildman–Crippen LogP) is 2.95. The summed E-state index contributed by atoms with van der Waals surface area (Å²) in [4.78, 5) is 3.40. The molecule has 0 saturated carbocycles. The first-order chi connectivity index (χ1) is 6.77.